The van der Waals surface area contributed by atoms with Gasteiger partial charge >= 0.3 is 0 Å². The van der Waals surface area contributed by atoms with Crippen LogP contribution in [0.15, 0.2) is 0 Å². The molecule has 2 atom stereocenters. The molecule has 0 spiro atoms. The summed E-state index contributed by atoms with van der Waals surface area (Å²) in [5.41, 5.74) is 0. The standard InChI is InChI=1S/C13H26N2/c1-11(2)15-9-4-6-13(15)10-12(3)14-7-5-8-14/h11-13H,4-10H2,1-3H3. The Labute approximate surface area is 94.6 Å². The summed E-state index contributed by atoms with van der Waals surface area (Å²) in [5, 5.41) is 0. The van der Waals surface area contributed by atoms with E-state index in [1.807, 2.05) is 0 Å². The molecule has 0 saturated carbocycles. The normalized spacial score (nSPS) is 30.8. The summed E-state index contributed by atoms with van der Waals surface area (Å²) in [5.74, 6) is 0. The Morgan fingerprint density at radius 2 is 1.80 bits per heavy atom. The second-order valence-electron chi connectivity index (χ2n) is 5.60. The van der Waals surface area contributed by atoms with Crippen molar-refractivity contribution in [2.24, 2.45) is 0 Å². The van der Waals surface area contributed by atoms with Crippen LogP contribution in [0.3, 0.4) is 0 Å². The summed E-state index contributed by atoms with van der Waals surface area (Å²) in [6.45, 7) is 11.1. The predicted molar refractivity (Wildman–Crippen MR) is 65.1 cm³/mol. The van der Waals surface area contributed by atoms with Crippen molar-refractivity contribution in [1.29, 1.82) is 0 Å². The van der Waals surface area contributed by atoms with Crippen molar-refractivity contribution in [3.63, 3.8) is 0 Å². The first-order valence-corrected chi connectivity index (χ1v) is 6.68. The van der Waals surface area contributed by atoms with Gasteiger partial charge in [0.15, 0.2) is 0 Å². The minimum absolute atomic E-state index is 0.737. The highest BCUT2D eigenvalue weighted by molar-refractivity contribution is 4.86. The first-order chi connectivity index (χ1) is 7.18. The Bertz CT molecular complexity index is 199. The fourth-order valence-corrected chi connectivity index (χ4v) is 3.12. The third kappa shape index (κ3) is 2.54. The predicted octanol–water partition coefficient (Wildman–Crippen LogP) is 2.34. The lowest BCUT2D eigenvalue weighted by Crippen LogP contribution is -2.47. The maximum absolute atomic E-state index is 2.70. The van der Waals surface area contributed by atoms with Crippen LogP contribution in [-0.4, -0.2) is 47.6 Å². The fraction of sp³-hybridized carbons (Fsp3) is 1.00. The lowest BCUT2D eigenvalue weighted by atomic mass is 10.0. The van der Waals surface area contributed by atoms with Crippen LogP contribution >= 0.6 is 0 Å². The van der Waals surface area contributed by atoms with E-state index in [0.29, 0.717) is 0 Å². The Morgan fingerprint density at radius 1 is 1.07 bits per heavy atom. The number of rotatable bonds is 4. The lowest BCUT2D eigenvalue weighted by molar-refractivity contribution is 0.0919. The maximum atomic E-state index is 2.70. The molecule has 0 bridgehead atoms. The van der Waals surface area contributed by atoms with Crippen molar-refractivity contribution in [3.05, 3.63) is 0 Å². The molecule has 0 aliphatic carbocycles. The number of nitrogens with zero attached hydrogens (tertiary/aromatic N) is 2. The van der Waals surface area contributed by atoms with Crippen molar-refractivity contribution in [3.8, 4) is 0 Å². The molecular weight excluding hydrogens is 184 g/mol. The summed E-state index contributed by atoms with van der Waals surface area (Å²) in [7, 11) is 0. The van der Waals surface area contributed by atoms with E-state index in [1.165, 1.54) is 45.3 Å². The molecule has 2 heteroatoms. The zero-order valence-corrected chi connectivity index (χ0v) is 10.6. The smallest absolute Gasteiger partial charge is 0.0113 e. The third-order valence-corrected chi connectivity index (χ3v) is 4.21. The minimum atomic E-state index is 0.737. The quantitative estimate of drug-likeness (QED) is 0.703. The Morgan fingerprint density at radius 3 is 2.33 bits per heavy atom. The van der Waals surface area contributed by atoms with Gasteiger partial charge in [0.1, 0.15) is 0 Å². The molecule has 0 amide bonds. The van der Waals surface area contributed by atoms with Gasteiger partial charge in [0.05, 0.1) is 0 Å². The molecule has 0 aromatic heterocycles. The van der Waals surface area contributed by atoms with Gasteiger partial charge in [-0.1, -0.05) is 0 Å². The van der Waals surface area contributed by atoms with Crippen LogP contribution in [0.5, 0.6) is 0 Å². The average molecular weight is 210 g/mol. The van der Waals surface area contributed by atoms with Gasteiger partial charge in [-0.15, -0.1) is 0 Å². The van der Waals surface area contributed by atoms with Gasteiger partial charge in [-0.3, -0.25) is 4.90 Å². The zero-order valence-electron chi connectivity index (χ0n) is 10.6. The van der Waals surface area contributed by atoms with E-state index in [2.05, 4.69) is 30.6 Å². The molecule has 2 unspecified atom stereocenters. The second kappa shape index (κ2) is 4.84. The Balaban J connectivity index is 1.81. The number of hydrogen-bond acceptors (Lipinski definition) is 2. The van der Waals surface area contributed by atoms with Crippen LogP contribution in [0.4, 0.5) is 0 Å². The molecule has 2 fully saturated rings. The molecule has 0 aromatic carbocycles. The molecule has 2 aliphatic rings. The molecule has 0 radical (unpaired) electrons. The van der Waals surface area contributed by atoms with E-state index >= 15 is 0 Å². The molecule has 0 N–H and O–H groups in total. The van der Waals surface area contributed by atoms with Crippen molar-refractivity contribution in [2.75, 3.05) is 19.6 Å². The molecule has 15 heavy (non-hydrogen) atoms. The lowest BCUT2D eigenvalue weighted by Gasteiger charge is -2.39. The van der Waals surface area contributed by atoms with E-state index in [0.717, 1.165) is 18.1 Å². The molecule has 2 heterocycles. The third-order valence-electron chi connectivity index (χ3n) is 4.21. The largest absolute Gasteiger partial charge is 0.301 e. The van der Waals surface area contributed by atoms with Gasteiger partial charge < -0.3 is 4.90 Å². The Kier molecular flexibility index (Phi) is 3.68. The molecule has 2 nitrogen and oxygen atoms in total. The summed E-state index contributed by atoms with van der Waals surface area (Å²) in [4.78, 5) is 5.34. The molecule has 88 valence electrons. The van der Waals surface area contributed by atoms with Crippen LogP contribution in [0.1, 0.15) is 46.5 Å². The van der Waals surface area contributed by atoms with E-state index < -0.39 is 0 Å². The summed E-state index contributed by atoms with van der Waals surface area (Å²) < 4.78 is 0. The van der Waals surface area contributed by atoms with Gasteiger partial charge in [0, 0.05) is 18.1 Å². The molecular formula is C13H26N2. The first kappa shape index (κ1) is 11.4. The molecule has 2 saturated heterocycles. The highest BCUT2D eigenvalue weighted by atomic mass is 15.2. The van der Waals surface area contributed by atoms with Gasteiger partial charge in [-0.05, 0) is 66.1 Å². The first-order valence-electron chi connectivity index (χ1n) is 6.68. The summed E-state index contributed by atoms with van der Waals surface area (Å²) >= 11 is 0. The van der Waals surface area contributed by atoms with Crippen LogP contribution in [-0.2, 0) is 0 Å². The van der Waals surface area contributed by atoms with Crippen molar-refractivity contribution < 1.29 is 0 Å². The van der Waals surface area contributed by atoms with Gasteiger partial charge in [0.2, 0.25) is 0 Å². The average Bonchev–Trinajstić information content (AvgIpc) is 2.48. The molecule has 2 aliphatic heterocycles. The maximum Gasteiger partial charge on any atom is 0.0113 e. The second-order valence-corrected chi connectivity index (χ2v) is 5.60. The van der Waals surface area contributed by atoms with E-state index in [9.17, 15) is 0 Å². The van der Waals surface area contributed by atoms with Crippen LogP contribution in [0.25, 0.3) is 0 Å². The molecule has 2 rings (SSSR count). The monoisotopic (exact) mass is 210 g/mol. The number of likely N-dealkylation sites (tertiary alicyclic amines) is 2. The fourth-order valence-electron chi connectivity index (χ4n) is 3.12. The zero-order chi connectivity index (χ0) is 10.8. The Hall–Kier alpha value is -0.0800. The van der Waals surface area contributed by atoms with Crippen LogP contribution in [0.2, 0.25) is 0 Å². The topological polar surface area (TPSA) is 6.48 Å². The van der Waals surface area contributed by atoms with Crippen LogP contribution < -0.4 is 0 Å². The summed E-state index contributed by atoms with van der Waals surface area (Å²) in [6, 6.07) is 2.41. The van der Waals surface area contributed by atoms with Crippen LogP contribution in [0, 0.1) is 0 Å². The van der Waals surface area contributed by atoms with E-state index in [4.69, 9.17) is 0 Å². The number of hydrogen-bond donors (Lipinski definition) is 0. The highest BCUT2D eigenvalue weighted by Gasteiger charge is 2.30. The van der Waals surface area contributed by atoms with Crippen molar-refractivity contribution in [1.82, 2.24) is 9.80 Å². The summed E-state index contributed by atoms with van der Waals surface area (Å²) in [6.07, 6.45) is 5.65. The molecule has 0 aromatic rings. The van der Waals surface area contributed by atoms with Gasteiger partial charge in [-0.2, -0.15) is 0 Å². The van der Waals surface area contributed by atoms with E-state index in [-0.39, 0.29) is 0 Å². The highest BCUT2D eigenvalue weighted by Crippen LogP contribution is 2.26. The van der Waals surface area contributed by atoms with Crippen molar-refractivity contribution in [2.45, 2.75) is 64.6 Å². The SMILES string of the molecule is CC(CC1CCCN1C(C)C)N1CCC1. The van der Waals surface area contributed by atoms with Gasteiger partial charge in [-0.25, -0.2) is 0 Å². The van der Waals surface area contributed by atoms with E-state index in [1.54, 1.807) is 0 Å². The minimum Gasteiger partial charge on any atom is -0.301 e. The van der Waals surface area contributed by atoms with Crippen molar-refractivity contribution >= 4 is 0 Å². The van der Waals surface area contributed by atoms with Gasteiger partial charge in [0.25, 0.3) is 0 Å².